The van der Waals surface area contributed by atoms with Crippen molar-refractivity contribution in [1.29, 1.82) is 5.26 Å². The van der Waals surface area contributed by atoms with Gasteiger partial charge in [0.05, 0.1) is 11.3 Å². The molecule has 0 saturated carbocycles. The number of amides is 1. The van der Waals surface area contributed by atoms with E-state index in [0.29, 0.717) is 11.4 Å². The van der Waals surface area contributed by atoms with Gasteiger partial charge in [-0.15, -0.1) is 0 Å². The van der Waals surface area contributed by atoms with Crippen LogP contribution in [0, 0.1) is 17.1 Å². The predicted molar refractivity (Wildman–Crippen MR) is 75.1 cm³/mol. The van der Waals surface area contributed by atoms with Gasteiger partial charge in [-0.05, 0) is 42.5 Å². The van der Waals surface area contributed by atoms with Crippen molar-refractivity contribution in [3.8, 4) is 6.07 Å². The third-order valence-corrected chi connectivity index (χ3v) is 2.59. The normalized spacial score (nSPS) is 9.65. The van der Waals surface area contributed by atoms with Crippen molar-refractivity contribution < 1.29 is 9.18 Å². The van der Waals surface area contributed by atoms with Crippen LogP contribution in [0.1, 0.15) is 12.5 Å². The number of hydrogen-bond acceptors (Lipinski definition) is 3. The van der Waals surface area contributed by atoms with Crippen molar-refractivity contribution in [3.63, 3.8) is 0 Å². The molecular formula is C15H12FN3O. The number of nitrogens with zero attached hydrogens (tertiary/aromatic N) is 1. The molecule has 2 rings (SSSR count). The zero-order chi connectivity index (χ0) is 14.5. The maximum absolute atomic E-state index is 13.0. The van der Waals surface area contributed by atoms with Gasteiger partial charge in [-0.1, -0.05) is 0 Å². The van der Waals surface area contributed by atoms with Gasteiger partial charge in [-0.3, -0.25) is 4.79 Å². The van der Waals surface area contributed by atoms with Crippen LogP contribution < -0.4 is 10.6 Å². The Morgan fingerprint density at radius 3 is 2.40 bits per heavy atom. The van der Waals surface area contributed by atoms with E-state index in [9.17, 15) is 9.18 Å². The molecule has 0 aliphatic heterocycles. The molecule has 20 heavy (non-hydrogen) atoms. The number of carbonyl (C=O) groups excluding carboxylic acids is 1. The number of anilines is 3. The summed E-state index contributed by atoms with van der Waals surface area (Å²) in [5.41, 5.74) is 2.18. The van der Waals surface area contributed by atoms with Crippen molar-refractivity contribution in [3.05, 3.63) is 53.8 Å². The molecule has 0 saturated heterocycles. The lowest BCUT2D eigenvalue weighted by Gasteiger charge is -2.09. The molecule has 5 heteroatoms. The van der Waals surface area contributed by atoms with Gasteiger partial charge in [0, 0.05) is 18.3 Å². The highest BCUT2D eigenvalue weighted by Gasteiger charge is 2.04. The molecule has 2 N–H and O–H groups in total. The second-order valence-electron chi connectivity index (χ2n) is 4.19. The number of nitriles is 1. The Labute approximate surface area is 115 Å². The van der Waals surface area contributed by atoms with E-state index in [1.54, 1.807) is 24.3 Å². The number of carbonyl (C=O) groups is 1. The van der Waals surface area contributed by atoms with Gasteiger partial charge >= 0.3 is 0 Å². The average molecular weight is 269 g/mol. The number of nitrogens with one attached hydrogen (secondary N) is 2. The summed E-state index contributed by atoms with van der Waals surface area (Å²) < 4.78 is 13.0. The Morgan fingerprint density at radius 2 is 1.80 bits per heavy atom. The summed E-state index contributed by atoms with van der Waals surface area (Å²) in [5, 5.41) is 14.6. The van der Waals surface area contributed by atoms with Crippen LogP contribution in [0.15, 0.2) is 42.5 Å². The smallest absolute Gasteiger partial charge is 0.221 e. The van der Waals surface area contributed by atoms with E-state index >= 15 is 0 Å². The summed E-state index contributed by atoms with van der Waals surface area (Å²) in [6.45, 7) is 1.43. The van der Waals surface area contributed by atoms with E-state index in [-0.39, 0.29) is 11.5 Å². The van der Waals surface area contributed by atoms with Gasteiger partial charge in [0.25, 0.3) is 0 Å². The van der Waals surface area contributed by atoms with Crippen LogP contribution in [0.3, 0.4) is 0 Å². The highest BCUT2D eigenvalue weighted by atomic mass is 19.1. The predicted octanol–water partition coefficient (Wildman–Crippen LogP) is 3.40. The molecule has 0 spiro atoms. The fourth-order valence-corrected chi connectivity index (χ4v) is 1.71. The van der Waals surface area contributed by atoms with Crippen LogP contribution in [-0.4, -0.2) is 5.91 Å². The molecule has 0 aliphatic rings. The molecule has 0 atom stereocenters. The standard InChI is InChI=1S/C15H12FN3O/c1-10(20)18-13-3-5-14(6-4-13)19-15-7-2-12(16)8-11(15)9-17/h2-8,19H,1H3,(H,18,20). The maximum atomic E-state index is 13.0. The first-order chi connectivity index (χ1) is 9.58. The second kappa shape index (κ2) is 5.85. The van der Waals surface area contributed by atoms with Gasteiger partial charge in [0.15, 0.2) is 0 Å². The minimum atomic E-state index is -0.451. The fraction of sp³-hybridized carbons (Fsp3) is 0.0667. The third kappa shape index (κ3) is 3.33. The number of halogens is 1. The zero-order valence-corrected chi connectivity index (χ0v) is 10.8. The summed E-state index contributed by atoms with van der Waals surface area (Å²) in [6.07, 6.45) is 0. The van der Waals surface area contributed by atoms with Crippen LogP contribution >= 0.6 is 0 Å². The Balaban J connectivity index is 2.18. The summed E-state index contributed by atoms with van der Waals surface area (Å²) in [4.78, 5) is 10.9. The second-order valence-corrected chi connectivity index (χ2v) is 4.19. The van der Waals surface area contributed by atoms with E-state index in [1.807, 2.05) is 6.07 Å². The lowest BCUT2D eigenvalue weighted by molar-refractivity contribution is -0.114. The minimum absolute atomic E-state index is 0.143. The summed E-state index contributed by atoms with van der Waals surface area (Å²) in [6, 6.07) is 12.9. The van der Waals surface area contributed by atoms with Gasteiger partial charge in [0.2, 0.25) is 5.91 Å². The van der Waals surface area contributed by atoms with Crippen molar-refractivity contribution >= 4 is 23.0 Å². The molecule has 0 bridgehead atoms. The Bertz CT molecular complexity index is 675. The van der Waals surface area contributed by atoms with E-state index in [1.165, 1.54) is 25.1 Å². The molecule has 0 radical (unpaired) electrons. The molecular weight excluding hydrogens is 257 g/mol. The van der Waals surface area contributed by atoms with Gasteiger partial charge in [0.1, 0.15) is 11.9 Å². The molecule has 2 aromatic rings. The summed E-state index contributed by atoms with van der Waals surface area (Å²) in [7, 11) is 0. The average Bonchev–Trinajstić information content (AvgIpc) is 2.42. The van der Waals surface area contributed by atoms with Crippen LogP contribution in [0.4, 0.5) is 21.5 Å². The summed E-state index contributed by atoms with van der Waals surface area (Å²) >= 11 is 0. The van der Waals surface area contributed by atoms with E-state index in [2.05, 4.69) is 10.6 Å². The molecule has 100 valence electrons. The van der Waals surface area contributed by atoms with Crippen molar-refractivity contribution in [1.82, 2.24) is 0 Å². The highest BCUT2D eigenvalue weighted by Crippen LogP contribution is 2.22. The van der Waals surface area contributed by atoms with Gasteiger partial charge in [-0.25, -0.2) is 4.39 Å². The topological polar surface area (TPSA) is 64.9 Å². The van der Waals surface area contributed by atoms with E-state index in [0.717, 1.165) is 5.69 Å². The third-order valence-electron chi connectivity index (χ3n) is 2.59. The molecule has 0 aliphatic carbocycles. The van der Waals surface area contributed by atoms with Gasteiger partial charge < -0.3 is 10.6 Å². The summed E-state index contributed by atoms with van der Waals surface area (Å²) in [5.74, 6) is -0.593. The molecule has 0 unspecified atom stereocenters. The zero-order valence-electron chi connectivity index (χ0n) is 10.8. The number of benzene rings is 2. The molecule has 0 fully saturated rings. The molecule has 2 aromatic carbocycles. The Morgan fingerprint density at radius 1 is 1.15 bits per heavy atom. The first kappa shape index (κ1) is 13.6. The van der Waals surface area contributed by atoms with Crippen LogP contribution in [0.2, 0.25) is 0 Å². The van der Waals surface area contributed by atoms with E-state index < -0.39 is 5.82 Å². The largest absolute Gasteiger partial charge is 0.354 e. The van der Waals surface area contributed by atoms with Crippen molar-refractivity contribution in [2.24, 2.45) is 0 Å². The fourth-order valence-electron chi connectivity index (χ4n) is 1.71. The van der Waals surface area contributed by atoms with Crippen LogP contribution in [-0.2, 0) is 4.79 Å². The first-order valence-electron chi connectivity index (χ1n) is 5.93. The maximum Gasteiger partial charge on any atom is 0.221 e. The van der Waals surface area contributed by atoms with Crippen LogP contribution in [0.5, 0.6) is 0 Å². The SMILES string of the molecule is CC(=O)Nc1ccc(Nc2ccc(F)cc2C#N)cc1. The Hall–Kier alpha value is -2.87. The first-order valence-corrected chi connectivity index (χ1v) is 5.93. The monoisotopic (exact) mass is 269 g/mol. The molecule has 0 aromatic heterocycles. The number of hydrogen-bond donors (Lipinski definition) is 2. The van der Waals surface area contributed by atoms with Crippen LogP contribution in [0.25, 0.3) is 0 Å². The lowest BCUT2D eigenvalue weighted by atomic mass is 10.1. The van der Waals surface area contributed by atoms with E-state index in [4.69, 9.17) is 5.26 Å². The minimum Gasteiger partial charge on any atom is -0.354 e. The quantitative estimate of drug-likeness (QED) is 0.897. The highest BCUT2D eigenvalue weighted by molar-refractivity contribution is 5.88. The Kier molecular flexibility index (Phi) is 3.96. The van der Waals surface area contributed by atoms with Crippen molar-refractivity contribution in [2.45, 2.75) is 6.92 Å². The van der Waals surface area contributed by atoms with Crippen molar-refractivity contribution in [2.75, 3.05) is 10.6 Å². The van der Waals surface area contributed by atoms with Gasteiger partial charge in [-0.2, -0.15) is 5.26 Å². The lowest BCUT2D eigenvalue weighted by Crippen LogP contribution is -2.05. The molecule has 0 heterocycles. The molecule has 4 nitrogen and oxygen atoms in total. The number of rotatable bonds is 3. The molecule has 1 amide bonds.